The molecule has 41 heavy (non-hydrogen) atoms. The summed E-state index contributed by atoms with van der Waals surface area (Å²) in [7, 11) is 0. The SMILES string of the molecule is Cc1nc2cc(C(=O)NCC(=O)Cc3ccc(F)cc3)nn2c(C2CCC(C)(C)CC2)c1C(OC(C)(C)C)C(=O)O. The van der Waals surface area contributed by atoms with Gasteiger partial charge in [0.1, 0.15) is 5.82 Å². The minimum atomic E-state index is -1.26. The van der Waals surface area contributed by atoms with Gasteiger partial charge in [-0.1, -0.05) is 26.0 Å². The molecule has 2 N–H and O–H groups in total. The highest BCUT2D eigenvalue weighted by Crippen LogP contribution is 2.45. The zero-order valence-corrected chi connectivity index (χ0v) is 24.6. The molecule has 0 radical (unpaired) electrons. The summed E-state index contributed by atoms with van der Waals surface area (Å²) in [5, 5.41) is 17.4. The standard InChI is InChI=1S/C31H39FN4O5/c1-18-25(27(29(39)40)41-30(2,3)4)26(20-11-13-31(5,6)14-12-20)36-24(34-18)16-23(35-36)28(38)33-17-22(37)15-19-7-9-21(32)10-8-19/h7-10,16,20,27H,11-15,17H2,1-6H3,(H,33,38)(H,39,40). The number of rotatable bonds is 9. The van der Waals surface area contributed by atoms with Crippen molar-refractivity contribution in [3.63, 3.8) is 0 Å². The van der Waals surface area contributed by atoms with Crippen LogP contribution in [0.1, 0.15) is 105 Å². The molecule has 3 aromatic rings. The van der Waals surface area contributed by atoms with E-state index in [1.165, 1.54) is 24.3 Å². The van der Waals surface area contributed by atoms with E-state index in [9.17, 15) is 23.9 Å². The Hall–Kier alpha value is -3.66. The summed E-state index contributed by atoms with van der Waals surface area (Å²) < 4.78 is 20.8. The van der Waals surface area contributed by atoms with Gasteiger partial charge in [0.15, 0.2) is 23.2 Å². The molecule has 9 nitrogen and oxygen atoms in total. The van der Waals surface area contributed by atoms with Gasteiger partial charge in [0, 0.05) is 29.7 Å². The Bertz CT molecular complexity index is 1450. The molecular formula is C31H39FN4O5. The number of Topliss-reactive ketones (excluding diaryl/α,β-unsaturated/α-hetero) is 1. The van der Waals surface area contributed by atoms with Gasteiger partial charge in [-0.25, -0.2) is 18.7 Å². The monoisotopic (exact) mass is 566 g/mol. The lowest BCUT2D eigenvalue weighted by molar-refractivity contribution is -0.161. The van der Waals surface area contributed by atoms with Crippen LogP contribution in [0.2, 0.25) is 0 Å². The van der Waals surface area contributed by atoms with Gasteiger partial charge in [-0.15, -0.1) is 0 Å². The first-order valence-corrected chi connectivity index (χ1v) is 14.0. The number of hydrogen-bond donors (Lipinski definition) is 2. The number of carbonyl (C=O) groups excluding carboxylic acids is 2. The predicted octanol–water partition coefficient (Wildman–Crippen LogP) is 5.34. The van der Waals surface area contributed by atoms with Crippen LogP contribution < -0.4 is 5.32 Å². The Balaban J connectivity index is 1.67. The van der Waals surface area contributed by atoms with Crippen LogP contribution in [-0.4, -0.2) is 49.5 Å². The number of aromatic nitrogens is 3. The van der Waals surface area contributed by atoms with E-state index in [0.717, 1.165) is 25.7 Å². The molecule has 220 valence electrons. The number of aryl methyl sites for hydroxylation is 1. The first-order valence-electron chi connectivity index (χ1n) is 14.0. The number of amides is 1. The van der Waals surface area contributed by atoms with E-state index in [0.29, 0.717) is 28.2 Å². The molecule has 1 unspecified atom stereocenters. The van der Waals surface area contributed by atoms with Gasteiger partial charge in [-0.3, -0.25) is 9.59 Å². The van der Waals surface area contributed by atoms with Crippen molar-refractivity contribution >= 4 is 23.3 Å². The summed E-state index contributed by atoms with van der Waals surface area (Å²) in [6.07, 6.45) is 2.38. The normalized spacial score (nSPS) is 16.5. The van der Waals surface area contributed by atoms with Gasteiger partial charge in [0.2, 0.25) is 0 Å². The van der Waals surface area contributed by atoms with Crippen molar-refractivity contribution < 1.29 is 28.6 Å². The first kappa shape index (κ1) is 30.3. The maximum absolute atomic E-state index is 13.1. The number of fused-ring (bicyclic) bond motifs is 1. The minimum absolute atomic E-state index is 0.000687. The van der Waals surface area contributed by atoms with E-state index < -0.39 is 23.6 Å². The van der Waals surface area contributed by atoms with Crippen molar-refractivity contribution in [1.29, 1.82) is 0 Å². The Morgan fingerprint density at radius 3 is 2.39 bits per heavy atom. The number of aliphatic carboxylic acids is 1. The van der Waals surface area contributed by atoms with Gasteiger partial charge < -0.3 is 15.2 Å². The highest BCUT2D eigenvalue weighted by Gasteiger charge is 2.37. The first-order chi connectivity index (χ1) is 19.1. The van der Waals surface area contributed by atoms with Crippen LogP contribution in [-0.2, 0) is 20.7 Å². The third-order valence-corrected chi connectivity index (χ3v) is 7.54. The molecule has 4 rings (SSSR count). The number of nitrogens with zero attached hydrogens (tertiary/aromatic N) is 3. The quantitative estimate of drug-likeness (QED) is 0.358. The third kappa shape index (κ3) is 7.35. The fourth-order valence-electron chi connectivity index (χ4n) is 5.41. The Kier molecular flexibility index (Phi) is 8.63. The van der Waals surface area contributed by atoms with Crippen LogP contribution in [0.3, 0.4) is 0 Å². The van der Waals surface area contributed by atoms with Gasteiger partial charge in [-0.2, -0.15) is 5.10 Å². The third-order valence-electron chi connectivity index (χ3n) is 7.54. The maximum atomic E-state index is 13.1. The fraction of sp³-hybridized carbons (Fsp3) is 0.516. The molecule has 0 bridgehead atoms. The maximum Gasteiger partial charge on any atom is 0.337 e. The van der Waals surface area contributed by atoms with E-state index >= 15 is 0 Å². The second-order valence-electron chi connectivity index (χ2n) is 12.7. The average molecular weight is 567 g/mol. The lowest BCUT2D eigenvalue weighted by atomic mass is 9.71. The van der Waals surface area contributed by atoms with Crippen LogP contribution in [0.15, 0.2) is 30.3 Å². The number of benzene rings is 1. The van der Waals surface area contributed by atoms with Crippen molar-refractivity contribution in [3.05, 3.63) is 64.4 Å². The Morgan fingerprint density at radius 2 is 1.80 bits per heavy atom. The van der Waals surface area contributed by atoms with E-state index in [1.807, 2.05) is 0 Å². The number of ether oxygens (including phenoxy) is 1. The summed E-state index contributed by atoms with van der Waals surface area (Å²) in [6, 6.07) is 7.18. The highest BCUT2D eigenvalue weighted by molar-refractivity contribution is 5.96. The number of carbonyl (C=O) groups is 3. The van der Waals surface area contributed by atoms with Gasteiger partial charge in [0.05, 0.1) is 17.8 Å². The van der Waals surface area contributed by atoms with Crippen molar-refractivity contribution in [2.75, 3.05) is 6.54 Å². The van der Waals surface area contributed by atoms with Crippen LogP contribution in [0.25, 0.3) is 5.65 Å². The highest BCUT2D eigenvalue weighted by atomic mass is 19.1. The van der Waals surface area contributed by atoms with Gasteiger partial charge in [-0.05, 0) is 76.5 Å². The van der Waals surface area contributed by atoms with Crippen molar-refractivity contribution in [2.45, 2.75) is 91.3 Å². The average Bonchev–Trinajstić information content (AvgIpc) is 3.30. The number of hydrogen-bond acceptors (Lipinski definition) is 6. The zero-order valence-electron chi connectivity index (χ0n) is 24.6. The summed E-state index contributed by atoms with van der Waals surface area (Å²) >= 11 is 0. The van der Waals surface area contributed by atoms with Gasteiger partial charge >= 0.3 is 5.97 Å². The summed E-state index contributed by atoms with van der Waals surface area (Å²) in [4.78, 5) is 42.6. The molecule has 1 atom stereocenters. The summed E-state index contributed by atoms with van der Waals surface area (Å²) in [5.41, 5.74) is 2.28. The van der Waals surface area contributed by atoms with Crippen molar-refractivity contribution in [2.24, 2.45) is 5.41 Å². The number of ketones is 1. The smallest absolute Gasteiger partial charge is 0.337 e. The molecule has 1 saturated carbocycles. The Morgan fingerprint density at radius 1 is 1.17 bits per heavy atom. The molecule has 1 aliphatic carbocycles. The lowest BCUT2D eigenvalue weighted by Gasteiger charge is -2.36. The van der Waals surface area contributed by atoms with Crippen LogP contribution >= 0.6 is 0 Å². The van der Waals surface area contributed by atoms with Crippen molar-refractivity contribution in [3.8, 4) is 0 Å². The molecule has 0 aliphatic heterocycles. The molecule has 10 heteroatoms. The minimum Gasteiger partial charge on any atom is -0.479 e. The molecule has 1 fully saturated rings. The van der Waals surface area contributed by atoms with Crippen LogP contribution in [0.4, 0.5) is 4.39 Å². The van der Waals surface area contributed by atoms with E-state index in [-0.39, 0.29) is 41.6 Å². The van der Waals surface area contributed by atoms with E-state index in [2.05, 4.69) is 29.2 Å². The van der Waals surface area contributed by atoms with Crippen molar-refractivity contribution in [1.82, 2.24) is 19.9 Å². The molecule has 0 saturated heterocycles. The largest absolute Gasteiger partial charge is 0.479 e. The summed E-state index contributed by atoms with van der Waals surface area (Å²) in [6.45, 7) is 11.4. The van der Waals surface area contributed by atoms with Crippen LogP contribution in [0.5, 0.6) is 0 Å². The molecule has 0 spiro atoms. The Labute approximate surface area is 239 Å². The second-order valence-corrected chi connectivity index (χ2v) is 12.7. The van der Waals surface area contributed by atoms with E-state index in [1.54, 1.807) is 38.3 Å². The zero-order chi connectivity index (χ0) is 30.1. The summed E-state index contributed by atoms with van der Waals surface area (Å²) in [5.74, 6) is -2.28. The topological polar surface area (TPSA) is 123 Å². The molecular weight excluding hydrogens is 527 g/mol. The number of carboxylic acids is 1. The lowest BCUT2D eigenvalue weighted by Crippen LogP contribution is -2.31. The van der Waals surface area contributed by atoms with Crippen LogP contribution in [0, 0.1) is 18.2 Å². The number of nitrogens with one attached hydrogen (secondary N) is 1. The molecule has 1 amide bonds. The van der Waals surface area contributed by atoms with Gasteiger partial charge in [0.25, 0.3) is 5.91 Å². The second kappa shape index (κ2) is 11.7. The molecule has 2 aromatic heterocycles. The predicted molar refractivity (Wildman–Crippen MR) is 151 cm³/mol. The molecule has 1 aromatic carbocycles. The van der Waals surface area contributed by atoms with E-state index in [4.69, 9.17) is 4.74 Å². The molecule has 2 heterocycles. The fourth-order valence-corrected chi connectivity index (χ4v) is 5.41. The number of carboxylic acid groups (broad SMARTS) is 1. The molecule has 1 aliphatic rings. The number of halogens is 1.